The Balaban J connectivity index is 1.75. The zero-order chi connectivity index (χ0) is 18.1. The van der Waals surface area contributed by atoms with Gasteiger partial charge in [0.25, 0.3) is 0 Å². The largest absolute Gasteiger partial charge is 0.325 e. The van der Waals surface area contributed by atoms with Crippen molar-refractivity contribution in [3.05, 3.63) is 57.6 Å². The summed E-state index contributed by atoms with van der Waals surface area (Å²) in [5.74, 6) is -0.469. The van der Waals surface area contributed by atoms with Gasteiger partial charge in [0, 0.05) is 23.1 Å². The maximum absolute atomic E-state index is 12.6. The highest BCUT2D eigenvalue weighted by Crippen LogP contribution is 2.31. The van der Waals surface area contributed by atoms with E-state index in [0.717, 1.165) is 32.5 Å². The zero-order valence-electron chi connectivity index (χ0n) is 14.6. The minimum absolute atomic E-state index is 0.00294. The molecule has 130 valence electrons. The number of amides is 2. The van der Waals surface area contributed by atoms with Crippen molar-refractivity contribution in [3.8, 4) is 0 Å². The van der Waals surface area contributed by atoms with Crippen molar-refractivity contribution in [1.82, 2.24) is 0 Å². The SMILES string of the molecule is Cc1ccc(NC(=O)C2CC(=O)N(c3cccc(C)c3C)C2)c(Br)c1. The van der Waals surface area contributed by atoms with E-state index in [2.05, 4.69) is 21.2 Å². The van der Waals surface area contributed by atoms with E-state index < -0.39 is 0 Å². The lowest BCUT2D eigenvalue weighted by atomic mass is 10.1. The van der Waals surface area contributed by atoms with Crippen LogP contribution in [0.15, 0.2) is 40.9 Å². The maximum Gasteiger partial charge on any atom is 0.229 e. The Labute approximate surface area is 156 Å². The molecule has 5 heteroatoms. The lowest BCUT2D eigenvalue weighted by Gasteiger charge is -2.20. The summed E-state index contributed by atoms with van der Waals surface area (Å²) >= 11 is 3.47. The van der Waals surface area contributed by atoms with Gasteiger partial charge in [-0.1, -0.05) is 18.2 Å². The molecule has 1 atom stereocenters. The molecule has 0 aromatic heterocycles. The third kappa shape index (κ3) is 3.61. The molecule has 0 saturated carbocycles. The van der Waals surface area contributed by atoms with E-state index in [1.54, 1.807) is 4.90 Å². The molecular formula is C20H21BrN2O2. The average Bonchev–Trinajstić information content (AvgIpc) is 2.94. The highest BCUT2D eigenvalue weighted by molar-refractivity contribution is 9.10. The fraction of sp³-hybridized carbons (Fsp3) is 0.300. The summed E-state index contributed by atoms with van der Waals surface area (Å²) in [6.45, 7) is 6.44. The smallest absolute Gasteiger partial charge is 0.229 e. The predicted molar refractivity (Wildman–Crippen MR) is 104 cm³/mol. The van der Waals surface area contributed by atoms with Crippen molar-refractivity contribution in [2.45, 2.75) is 27.2 Å². The molecule has 2 amide bonds. The van der Waals surface area contributed by atoms with E-state index >= 15 is 0 Å². The lowest BCUT2D eigenvalue weighted by Crippen LogP contribution is -2.28. The normalized spacial score (nSPS) is 17.0. The number of hydrogen-bond acceptors (Lipinski definition) is 2. The van der Waals surface area contributed by atoms with Gasteiger partial charge in [-0.2, -0.15) is 0 Å². The van der Waals surface area contributed by atoms with Crippen LogP contribution in [0.25, 0.3) is 0 Å². The molecule has 2 aromatic rings. The van der Waals surface area contributed by atoms with Crippen molar-refractivity contribution >= 4 is 39.1 Å². The second-order valence-electron chi connectivity index (χ2n) is 6.60. The molecular weight excluding hydrogens is 380 g/mol. The van der Waals surface area contributed by atoms with Crippen LogP contribution in [-0.2, 0) is 9.59 Å². The molecule has 25 heavy (non-hydrogen) atoms. The monoisotopic (exact) mass is 400 g/mol. The fourth-order valence-electron chi connectivity index (χ4n) is 3.10. The van der Waals surface area contributed by atoms with Gasteiger partial charge in [-0.15, -0.1) is 0 Å². The van der Waals surface area contributed by atoms with Gasteiger partial charge in [-0.25, -0.2) is 0 Å². The summed E-state index contributed by atoms with van der Waals surface area (Å²) in [5, 5.41) is 2.93. The van der Waals surface area contributed by atoms with Crippen molar-refractivity contribution in [3.63, 3.8) is 0 Å². The third-order valence-electron chi connectivity index (χ3n) is 4.75. The Morgan fingerprint density at radius 3 is 2.68 bits per heavy atom. The standard InChI is InChI=1S/C20H21BrN2O2/c1-12-7-8-17(16(21)9-12)22-20(25)15-10-19(24)23(11-15)18-6-4-5-13(2)14(18)3/h4-9,15H,10-11H2,1-3H3,(H,22,25). The van der Waals surface area contributed by atoms with Gasteiger partial charge in [0.2, 0.25) is 11.8 Å². The summed E-state index contributed by atoms with van der Waals surface area (Å²) in [6.07, 6.45) is 0.239. The number of carbonyl (C=O) groups excluding carboxylic acids is 2. The molecule has 0 radical (unpaired) electrons. The van der Waals surface area contributed by atoms with Gasteiger partial charge in [-0.3, -0.25) is 9.59 Å². The quantitative estimate of drug-likeness (QED) is 0.831. The first-order valence-electron chi connectivity index (χ1n) is 8.30. The van der Waals surface area contributed by atoms with Gasteiger partial charge in [0.15, 0.2) is 0 Å². The Morgan fingerprint density at radius 1 is 1.20 bits per heavy atom. The molecule has 1 saturated heterocycles. The van der Waals surface area contributed by atoms with Crippen LogP contribution in [0.3, 0.4) is 0 Å². The number of carbonyl (C=O) groups is 2. The van der Waals surface area contributed by atoms with Crippen LogP contribution in [0.5, 0.6) is 0 Å². The number of halogens is 1. The van der Waals surface area contributed by atoms with Crippen LogP contribution in [0, 0.1) is 26.7 Å². The first-order valence-corrected chi connectivity index (χ1v) is 9.09. The summed E-state index contributed by atoms with van der Waals surface area (Å²) < 4.78 is 0.844. The minimum Gasteiger partial charge on any atom is -0.325 e. The average molecular weight is 401 g/mol. The van der Waals surface area contributed by atoms with Crippen molar-refractivity contribution in [1.29, 1.82) is 0 Å². The highest BCUT2D eigenvalue weighted by Gasteiger charge is 2.35. The van der Waals surface area contributed by atoms with Gasteiger partial charge in [0.1, 0.15) is 0 Å². The van der Waals surface area contributed by atoms with Crippen LogP contribution in [-0.4, -0.2) is 18.4 Å². The topological polar surface area (TPSA) is 49.4 Å². The van der Waals surface area contributed by atoms with Gasteiger partial charge < -0.3 is 10.2 Å². The van der Waals surface area contributed by atoms with E-state index in [1.807, 2.05) is 57.2 Å². The fourth-order valence-corrected chi connectivity index (χ4v) is 3.69. The van der Waals surface area contributed by atoms with E-state index in [0.29, 0.717) is 6.54 Å². The molecule has 0 aliphatic carbocycles. The lowest BCUT2D eigenvalue weighted by molar-refractivity contribution is -0.122. The summed E-state index contributed by atoms with van der Waals surface area (Å²) in [5.41, 5.74) is 4.96. The molecule has 1 unspecified atom stereocenters. The van der Waals surface area contributed by atoms with Crippen LogP contribution >= 0.6 is 15.9 Å². The second kappa shape index (κ2) is 7.00. The third-order valence-corrected chi connectivity index (χ3v) is 5.40. The van der Waals surface area contributed by atoms with Crippen molar-refractivity contribution in [2.75, 3.05) is 16.8 Å². The van der Waals surface area contributed by atoms with Crippen LogP contribution in [0.2, 0.25) is 0 Å². The molecule has 0 bridgehead atoms. The van der Waals surface area contributed by atoms with Crippen molar-refractivity contribution < 1.29 is 9.59 Å². The van der Waals surface area contributed by atoms with Gasteiger partial charge >= 0.3 is 0 Å². The molecule has 3 rings (SSSR count). The molecule has 4 nitrogen and oxygen atoms in total. The van der Waals surface area contributed by atoms with Gasteiger partial charge in [-0.05, 0) is 71.6 Å². The molecule has 0 spiro atoms. The number of rotatable bonds is 3. The number of nitrogens with zero attached hydrogens (tertiary/aromatic N) is 1. The molecule has 1 aliphatic rings. The first-order chi connectivity index (χ1) is 11.9. The van der Waals surface area contributed by atoms with E-state index in [-0.39, 0.29) is 24.2 Å². The molecule has 1 fully saturated rings. The molecule has 2 aromatic carbocycles. The van der Waals surface area contributed by atoms with Crippen LogP contribution in [0.4, 0.5) is 11.4 Å². The Kier molecular flexibility index (Phi) is 4.95. The van der Waals surface area contributed by atoms with Crippen LogP contribution in [0.1, 0.15) is 23.1 Å². The zero-order valence-corrected chi connectivity index (χ0v) is 16.2. The van der Waals surface area contributed by atoms with E-state index in [1.165, 1.54) is 0 Å². The number of nitrogens with one attached hydrogen (secondary N) is 1. The minimum atomic E-state index is -0.347. The van der Waals surface area contributed by atoms with Crippen molar-refractivity contribution in [2.24, 2.45) is 5.92 Å². The maximum atomic E-state index is 12.6. The Morgan fingerprint density at radius 2 is 1.96 bits per heavy atom. The molecule has 1 heterocycles. The second-order valence-corrected chi connectivity index (χ2v) is 7.45. The predicted octanol–water partition coefficient (Wildman–Crippen LogP) is 4.37. The molecule has 1 aliphatic heterocycles. The number of benzene rings is 2. The first kappa shape index (κ1) is 17.7. The van der Waals surface area contributed by atoms with E-state index in [4.69, 9.17) is 0 Å². The number of anilines is 2. The number of hydrogen-bond donors (Lipinski definition) is 1. The van der Waals surface area contributed by atoms with Crippen LogP contribution < -0.4 is 10.2 Å². The summed E-state index contributed by atoms with van der Waals surface area (Å²) in [6, 6.07) is 11.7. The summed E-state index contributed by atoms with van der Waals surface area (Å²) in [4.78, 5) is 26.8. The molecule has 1 N–H and O–H groups in total. The Bertz CT molecular complexity index is 848. The van der Waals surface area contributed by atoms with Gasteiger partial charge in [0.05, 0.1) is 11.6 Å². The number of aryl methyl sites for hydroxylation is 2. The highest BCUT2D eigenvalue weighted by atomic mass is 79.9. The summed E-state index contributed by atoms with van der Waals surface area (Å²) in [7, 11) is 0. The Hall–Kier alpha value is -2.14. The van der Waals surface area contributed by atoms with E-state index in [9.17, 15) is 9.59 Å².